The lowest BCUT2D eigenvalue weighted by atomic mass is 10.1. The number of aromatic nitrogens is 2. The third-order valence-electron chi connectivity index (χ3n) is 4.20. The Balaban J connectivity index is 1.90. The predicted octanol–water partition coefficient (Wildman–Crippen LogP) is 4.41. The van der Waals surface area contributed by atoms with Gasteiger partial charge in [0.1, 0.15) is 11.5 Å². The molecule has 0 saturated carbocycles. The van der Waals surface area contributed by atoms with Crippen molar-refractivity contribution in [3.63, 3.8) is 0 Å². The summed E-state index contributed by atoms with van der Waals surface area (Å²) in [6.07, 6.45) is 1.61. The summed E-state index contributed by atoms with van der Waals surface area (Å²) in [6, 6.07) is 10.0. The van der Waals surface area contributed by atoms with Crippen molar-refractivity contribution in [2.24, 2.45) is 0 Å². The van der Waals surface area contributed by atoms with Crippen molar-refractivity contribution in [1.82, 2.24) is 10.1 Å². The zero-order chi connectivity index (χ0) is 22.8. The second-order valence-corrected chi connectivity index (χ2v) is 8.30. The highest BCUT2D eigenvalue weighted by atomic mass is 35.5. The molecule has 3 aromatic rings. The molecule has 1 amide bonds. The number of carbonyl (C=O) groups is 2. The van der Waals surface area contributed by atoms with Gasteiger partial charge in [0.2, 0.25) is 0 Å². The van der Waals surface area contributed by atoms with Crippen LogP contribution < -0.4 is 10.2 Å². The third kappa shape index (κ3) is 4.76. The molecule has 0 fully saturated rings. The molecule has 1 aromatic carbocycles. The number of carbonyl (C=O) groups excluding carboxylic acids is 2. The van der Waals surface area contributed by atoms with E-state index in [9.17, 15) is 9.59 Å². The highest BCUT2D eigenvalue weighted by Crippen LogP contribution is 2.36. The van der Waals surface area contributed by atoms with Crippen LogP contribution in [0.3, 0.4) is 0 Å². The van der Waals surface area contributed by atoms with Crippen molar-refractivity contribution in [3.8, 4) is 22.6 Å². The first-order chi connectivity index (χ1) is 14.6. The molecule has 0 radical (unpaired) electrons. The monoisotopic (exact) mass is 482 g/mol. The second kappa shape index (κ2) is 9.13. The normalized spacial score (nSPS) is 11.2. The lowest BCUT2D eigenvalue weighted by Crippen LogP contribution is -2.40. The van der Waals surface area contributed by atoms with Gasteiger partial charge in [-0.25, -0.2) is 9.78 Å². The number of hydrogen-bond donors (Lipinski definition) is 1. The molecule has 2 heterocycles. The van der Waals surface area contributed by atoms with Crippen molar-refractivity contribution in [1.29, 1.82) is 0 Å². The first-order valence-electron chi connectivity index (χ1n) is 8.82. The maximum atomic E-state index is 12.3. The summed E-state index contributed by atoms with van der Waals surface area (Å²) in [5.41, 5.74) is 2.07. The summed E-state index contributed by atoms with van der Waals surface area (Å²) in [7, 11) is 4.77. The molecular formula is C20H17Cl3N4O4. The van der Waals surface area contributed by atoms with Gasteiger partial charge >= 0.3 is 5.97 Å². The first-order valence-corrected chi connectivity index (χ1v) is 9.95. The van der Waals surface area contributed by atoms with E-state index >= 15 is 0 Å². The fraction of sp³-hybridized carbons (Fsp3) is 0.200. The number of halogens is 3. The van der Waals surface area contributed by atoms with Crippen LogP contribution in [0.25, 0.3) is 22.6 Å². The number of rotatable bonds is 6. The van der Waals surface area contributed by atoms with Gasteiger partial charge in [0.15, 0.2) is 5.76 Å². The topological polar surface area (TPSA) is 97.6 Å². The molecule has 11 heteroatoms. The van der Waals surface area contributed by atoms with Gasteiger partial charge < -0.3 is 19.5 Å². The average Bonchev–Trinajstić information content (AvgIpc) is 3.22. The van der Waals surface area contributed by atoms with E-state index in [-0.39, 0.29) is 0 Å². The molecule has 0 atom stereocenters. The van der Waals surface area contributed by atoms with Crippen LogP contribution >= 0.6 is 34.8 Å². The van der Waals surface area contributed by atoms with Gasteiger partial charge in [0, 0.05) is 37.6 Å². The van der Waals surface area contributed by atoms with Crippen LogP contribution in [0.4, 0.5) is 11.5 Å². The molecule has 2 aromatic heterocycles. The van der Waals surface area contributed by atoms with Gasteiger partial charge in [-0.2, -0.15) is 0 Å². The Labute approximate surface area is 193 Å². The van der Waals surface area contributed by atoms with Gasteiger partial charge in [-0.05, 0) is 18.2 Å². The fourth-order valence-electron chi connectivity index (χ4n) is 2.71. The van der Waals surface area contributed by atoms with E-state index in [1.54, 1.807) is 42.6 Å². The van der Waals surface area contributed by atoms with E-state index in [1.807, 2.05) is 19.0 Å². The first kappa shape index (κ1) is 22.9. The highest BCUT2D eigenvalue weighted by Gasteiger charge is 2.43. The van der Waals surface area contributed by atoms with Crippen molar-refractivity contribution < 1.29 is 18.8 Å². The summed E-state index contributed by atoms with van der Waals surface area (Å²) in [5, 5.41) is 7.06. The zero-order valence-electron chi connectivity index (χ0n) is 16.6. The van der Waals surface area contributed by atoms with Crippen LogP contribution in [-0.4, -0.2) is 47.6 Å². The molecule has 0 bridgehead atoms. The predicted molar refractivity (Wildman–Crippen MR) is 120 cm³/mol. The molecule has 3 rings (SSSR count). The van der Waals surface area contributed by atoms with E-state index < -0.39 is 16.2 Å². The Bertz CT molecular complexity index is 1130. The van der Waals surface area contributed by atoms with Crippen LogP contribution in [0.1, 0.15) is 0 Å². The molecule has 0 aliphatic carbocycles. The number of methoxy groups -OCH3 is 1. The summed E-state index contributed by atoms with van der Waals surface area (Å²) in [6.45, 7) is 0. The molecular weight excluding hydrogens is 467 g/mol. The van der Waals surface area contributed by atoms with E-state index in [0.29, 0.717) is 39.1 Å². The number of amides is 1. The van der Waals surface area contributed by atoms with Crippen molar-refractivity contribution >= 4 is 58.2 Å². The van der Waals surface area contributed by atoms with Gasteiger partial charge in [-0.3, -0.25) is 4.79 Å². The summed E-state index contributed by atoms with van der Waals surface area (Å²) in [5.74, 6) is -0.978. The van der Waals surface area contributed by atoms with Crippen LogP contribution in [0.2, 0.25) is 5.02 Å². The number of ether oxygens (including phenoxy) is 1. The zero-order valence-corrected chi connectivity index (χ0v) is 18.9. The van der Waals surface area contributed by atoms with E-state index in [4.69, 9.17) is 39.3 Å². The smallest absolute Gasteiger partial charge is 0.352 e. The number of benzene rings is 1. The summed E-state index contributed by atoms with van der Waals surface area (Å²) >= 11 is 18.0. The van der Waals surface area contributed by atoms with Gasteiger partial charge in [0.25, 0.3) is 10.2 Å². The van der Waals surface area contributed by atoms with Crippen LogP contribution in [0.5, 0.6) is 0 Å². The van der Waals surface area contributed by atoms with Gasteiger partial charge in [-0.15, -0.1) is 0 Å². The number of hydrogen-bond acceptors (Lipinski definition) is 7. The van der Waals surface area contributed by atoms with Crippen molar-refractivity contribution in [2.75, 3.05) is 31.4 Å². The Hall–Kier alpha value is -2.81. The molecule has 162 valence electrons. The van der Waals surface area contributed by atoms with E-state index in [0.717, 1.165) is 7.11 Å². The summed E-state index contributed by atoms with van der Waals surface area (Å²) in [4.78, 5) is 30.0. The van der Waals surface area contributed by atoms with Crippen molar-refractivity contribution in [3.05, 3.63) is 47.6 Å². The second-order valence-electron chi connectivity index (χ2n) is 6.56. The maximum absolute atomic E-state index is 12.3. The minimum Gasteiger partial charge on any atom is -0.466 e. The lowest BCUT2D eigenvalue weighted by Gasteiger charge is -2.16. The van der Waals surface area contributed by atoms with Gasteiger partial charge in [-0.1, -0.05) is 52.1 Å². The number of alkyl halides is 2. The third-order valence-corrected chi connectivity index (χ3v) is 5.17. The standard InChI is InChI=1S/C20H17Cl3N4O4/c1-27(2)17-16(13(21)7-8-24-17)14-10-15(31-26-14)11-5-4-6-12(9-11)25-18(28)20(22,23)19(29)30-3/h4-10H,1-3H3,(H,25,28). The Morgan fingerprint density at radius 1 is 1.19 bits per heavy atom. The Kier molecular flexibility index (Phi) is 6.74. The van der Waals surface area contributed by atoms with E-state index in [2.05, 4.69) is 20.2 Å². The lowest BCUT2D eigenvalue weighted by molar-refractivity contribution is -0.143. The summed E-state index contributed by atoms with van der Waals surface area (Å²) < 4.78 is 7.54. The Morgan fingerprint density at radius 3 is 2.61 bits per heavy atom. The minimum absolute atomic E-state index is 0.336. The molecule has 0 spiro atoms. The average molecular weight is 484 g/mol. The van der Waals surface area contributed by atoms with Gasteiger partial charge in [0.05, 0.1) is 17.7 Å². The minimum atomic E-state index is -2.39. The molecule has 1 N–H and O–H groups in total. The molecule has 0 saturated heterocycles. The highest BCUT2D eigenvalue weighted by molar-refractivity contribution is 6.68. The molecule has 0 aliphatic rings. The molecule has 8 nitrogen and oxygen atoms in total. The SMILES string of the molecule is COC(=O)C(Cl)(Cl)C(=O)Nc1cccc(-c2cc(-c3c(Cl)ccnc3N(C)C)no2)c1. The number of nitrogens with zero attached hydrogens (tertiary/aromatic N) is 3. The number of anilines is 2. The molecule has 31 heavy (non-hydrogen) atoms. The van der Waals surface area contributed by atoms with Crippen LogP contribution in [-0.2, 0) is 14.3 Å². The number of pyridine rings is 1. The number of nitrogens with one attached hydrogen (secondary N) is 1. The van der Waals surface area contributed by atoms with E-state index in [1.165, 1.54) is 0 Å². The molecule has 0 aliphatic heterocycles. The maximum Gasteiger partial charge on any atom is 0.352 e. The van der Waals surface area contributed by atoms with Crippen molar-refractivity contribution in [2.45, 2.75) is 4.33 Å². The van der Waals surface area contributed by atoms with Crippen LogP contribution in [0, 0.1) is 0 Å². The number of esters is 1. The molecule has 0 unspecified atom stereocenters. The quantitative estimate of drug-likeness (QED) is 0.315. The van der Waals surface area contributed by atoms with Crippen LogP contribution in [0.15, 0.2) is 47.1 Å². The fourth-order valence-corrected chi connectivity index (χ4v) is 3.20. The Morgan fingerprint density at radius 2 is 1.94 bits per heavy atom. The largest absolute Gasteiger partial charge is 0.466 e.